The molecule has 0 bridgehead atoms. The summed E-state index contributed by atoms with van der Waals surface area (Å²) in [6.07, 6.45) is 2.33. The number of hydrogen-bond donors (Lipinski definition) is 1. The monoisotopic (exact) mass is 331 g/mol. The molecule has 5 nitrogen and oxygen atoms in total. The first kappa shape index (κ1) is 17.4. The van der Waals surface area contributed by atoms with Gasteiger partial charge in [0.1, 0.15) is 0 Å². The molecule has 2 fully saturated rings. The van der Waals surface area contributed by atoms with Gasteiger partial charge in [0, 0.05) is 32.7 Å². The van der Waals surface area contributed by atoms with Crippen molar-refractivity contribution in [1.82, 2.24) is 15.1 Å². The molecule has 2 aliphatic heterocycles. The van der Waals surface area contributed by atoms with Gasteiger partial charge >= 0.3 is 0 Å². The molecule has 1 aromatic rings. The van der Waals surface area contributed by atoms with E-state index in [-0.39, 0.29) is 5.91 Å². The molecule has 2 heterocycles. The van der Waals surface area contributed by atoms with Crippen LogP contribution in [0.3, 0.4) is 0 Å². The quantitative estimate of drug-likeness (QED) is 0.819. The van der Waals surface area contributed by atoms with Crippen LogP contribution in [0.2, 0.25) is 0 Å². The van der Waals surface area contributed by atoms with Gasteiger partial charge in [0.25, 0.3) is 0 Å². The SMILES string of the molecule is O=C(CN1CCOCC1)NCC[C@H]1CCN(Cc2ccccc2)C1. The predicted octanol–water partition coefficient (Wildman–Crippen LogP) is 1.35. The second-order valence-corrected chi connectivity index (χ2v) is 6.90. The van der Waals surface area contributed by atoms with Gasteiger partial charge in [-0.25, -0.2) is 0 Å². The molecule has 2 aliphatic rings. The first-order valence-electron chi connectivity index (χ1n) is 9.12. The van der Waals surface area contributed by atoms with Crippen LogP contribution in [0.25, 0.3) is 0 Å². The number of morpholine rings is 1. The summed E-state index contributed by atoms with van der Waals surface area (Å²) in [7, 11) is 0. The number of hydrogen-bond acceptors (Lipinski definition) is 4. The van der Waals surface area contributed by atoms with Crippen LogP contribution in [-0.2, 0) is 16.1 Å². The molecular formula is C19H29N3O2. The summed E-state index contributed by atoms with van der Waals surface area (Å²) in [4.78, 5) is 16.7. The average Bonchev–Trinajstić information content (AvgIpc) is 3.04. The van der Waals surface area contributed by atoms with Gasteiger partial charge in [-0.1, -0.05) is 30.3 Å². The second-order valence-electron chi connectivity index (χ2n) is 6.90. The lowest BCUT2D eigenvalue weighted by molar-refractivity contribution is -0.123. The summed E-state index contributed by atoms with van der Waals surface area (Å²) in [6, 6.07) is 10.7. The molecule has 3 rings (SSSR count). The molecule has 0 aromatic heterocycles. The number of ether oxygens (including phenoxy) is 1. The highest BCUT2D eigenvalue weighted by Gasteiger charge is 2.22. The third kappa shape index (κ3) is 5.58. The van der Waals surface area contributed by atoms with Crippen molar-refractivity contribution in [3.05, 3.63) is 35.9 Å². The van der Waals surface area contributed by atoms with E-state index >= 15 is 0 Å². The second kappa shape index (κ2) is 9.16. The number of carbonyl (C=O) groups is 1. The van der Waals surface area contributed by atoms with Crippen LogP contribution < -0.4 is 5.32 Å². The Kier molecular flexibility index (Phi) is 6.64. The highest BCUT2D eigenvalue weighted by Crippen LogP contribution is 2.20. The zero-order valence-electron chi connectivity index (χ0n) is 14.5. The van der Waals surface area contributed by atoms with Gasteiger partial charge in [0.2, 0.25) is 5.91 Å². The summed E-state index contributed by atoms with van der Waals surface area (Å²) in [5.74, 6) is 0.855. The molecule has 132 valence electrons. The number of nitrogens with zero attached hydrogens (tertiary/aromatic N) is 2. The maximum absolute atomic E-state index is 12.0. The molecule has 0 spiro atoms. The minimum absolute atomic E-state index is 0.149. The Morgan fingerprint density at radius 3 is 2.71 bits per heavy atom. The fraction of sp³-hybridized carbons (Fsp3) is 0.632. The zero-order chi connectivity index (χ0) is 16.6. The van der Waals surface area contributed by atoms with E-state index in [9.17, 15) is 4.79 Å². The average molecular weight is 331 g/mol. The van der Waals surface area contributed by atoms with E-state index in [0.717, 1.165) is 52.4 Å². The Morgan fingerprint density at radius 1 is 1.12 bits per heavy atom. The maximum Gasteiger partial charge on any atom is 0.234 e. The molecule has 0 radical (unpaired) electrons. The van der Waals surface area contributed by atoms with Gasteiger partial charge in [-0.2, -0.15) is 0 Å². The highest BCUT2D eigenvalue weighted by molar-refractivity contribution is 5.77. The van der Waals surface area contributed by atoms with Gasteiger partial charge < -0.3 is 10.1 Å². The Bertz CT molecular complexity index is 503. The van der Waals surface area contributed by atoms with Crippen molar-refractivity contribution in [2.45, 2.75) is 19.4 Å². The van der Waals surface area contributed by atoms with Crippen molar-refractivity contribution in [1.29, 1.82) is 0 Å². The minimum Gasteiger partial charge on any atom is -0.379 e. The topological polar surface area (TPSA) is 44.8 Å². The molecule has 1 N–H and O–H groups in total. The van der Waals surface area contributed by atoms with Gasteiger partial charge in [0.05, 0.1) is 19.8 Å². The Balaban J connectivity index is 1.29. The number of amides is 1. The lowest BCUT2D eigenvalue weighted by atomic mass is 10.1. The van der Waals surface area contributed by atoms with E-state index in [2.05, 4.69) is 45.4 Å². The van der Waals surface area contributed by atoms with Crippen LogP contribution in [-0.4, -0.2) is 68.2 Å². The molecule has 0 aliphatic carbocycles. The Labute approximate surface area is 145 Å². The van der Waals surface area contributed by atoms with Crippen LogP contribution in [0.5, 0.6) is 0 Å². The van der Waals surface area contributed by atoms with Gasteiger partial charge in [-0.3, -0.25) is 14.6 Å². The summed E-state index contributed by atoms with van der Waals surface area (Å²) in [5.41, 5.74) is 1.39. The number of rotatable bonds is 7. The van der Waals surface area contributed by atoms with Crippen molar-refractivity contribution in [2.75, 3.05) is 52.5 Å². The van der Waals surface area contributed by atoms with Gasteiger partial charge in [0.15, 0.2) is 0 Å². The number of nitrogens with one attached hydrogen (secondary N) is 1. The number of benzene rings is 1. The lowest BCUT2D eigenvalue weighted by Crippen LogP contribution is -2.43. The molecule has 0 saturated carbocycles. The first-order valence-corrected chi connectivity index (χ1v) is 9.12. The van der Waals surface area contributed by atoms with Crippen LogP contribution in [0.4, 0.5) is 0 Å². The van der Waals surface area contributed by atoms with Crippen molar-refractivity contribution < 1.29 is 9.53 Å². The summed E-state index contributed by atoms with van der Waals surface area (Å²) >= 11 is 0. The fourth-order valence-corrected chi connectivity index (χ4v) is 3.57. The predicted molar refractivity (Wildman–Crippen MR) is 94.7 cm³/mol. The highest BCUT2D eigenvalue weighted by atomic mass is 16.5. The molecule has 1 atom stereocenters. The summed E-state index contributed by atoms with van der Waals surface area (Å²) in [6.45, 7) is 7.88. The molecule has 24 heavy (non-hydrogen) atoms. The van der Waals surface area contributed by atoms with Crippen molar-refractivity contribution in [3.63, 3.8) is 0 Å². The molecular weight excluding hydrogens is 302 g/mol. The standard InChI is InChI=1S/C19H29N3O2/c23-19(16-21-10-12-24-13-11-21)20-8-6-18-7-9-22(15-18)14-17-4-2-1-3-5-17/h1-5,18H,6-16H2,(H,20,23)/t18-/m0/s1. The third-order valence-electron chi connectivity index (χ3n) is 4.96. The maximum atomic E-state index is 12.0. The minimum atomic E-state index is 0.149. The molecule has 1 amide bonds. The third-order valence-corrected chi connectivity index (χ3v) is 4.96. The first-order chi connectivity index (χ1) is 11.8. The van der Waals surface area contributed by atoms with Gasteiger partial charge in [-0.05, 0) is 30.9 Å². The van der Waals surface area contributed by atoms with E-state index < -0.39 is 0 Å². The lowest BCUT2D eigenvalue weighted by Gasteiger charge is -2.25. The number of likely N-dealkylation sites (tertiary alicyclic amines) is 1. The van der Waals surface area contributed by atoms with Crippen LogP contribution in [0.15, 0.2) is 30.3 Å². The summed E-state index contributed by atoms with van der Waals surface area (Å²) < 4.78 is 5.30. The smallest absolute Gasteiger partial charge is 0.234 e. The molecule has 1 aromatic carbocycles. The van der Waals surface area contributed by atoms with E-state index in [1.54, 1.807) is 0 Å². The van der Waals surface area contributed by atoms with E-state index in [1.807, 2.05) is 0 Å². The van der Waals surface area contributed by atoms with Crippen molar-refractivity contribution in [3.8, 4) is 0 Å². The largest absolute Gasteiger partial charge is 0.379 e. The Morgan fingerprint density at radius 2 is 1.92 bits per heavy atom. The van der Waals surface area contributed by atoms with Crippen molar-refractivity contribution in [2.24, 2.45) is 5.92 Å². The Hall–Kier alpha value is -1.43. The molecule has 5 heteroatoms. The van der Waals surface area contributed by atoms with Gasteiger partial charge in [-0.15, -0.1) is 0 Å². The molecule has 2 saturated heterocycles. The van der Waals surface area contributed by atoms with Crippen LogP contribution in [0, 0.1) is 5.92 Å². The van der Waals surface area contributed by atoms with Crippen LogP contribution >= 0.6 is 0 Å². The van der Waals surface area contributed by atoms with E-state index in [0.29, 0.717) is 12.5 Å². The fourth-order valence-electron chi connectivity index (χ4n) is 3.57. The van der Waals surface area contributed by atoms with Crippen LogP contribution in [0.1, 0.15) is 18.4 Å². The molecule has 0 unspecified atom stereocenters. The normalized spacial score (nSPS) is 22.6. The zero-order valence-corrected chi connectivity index (χ0v) is 14.5. The van der Waals surface area contributed by atoms with E-state index in [1.165, 1.54) is 18.5 Å². The van der Waals surface area contributed by atoms with Crippen molar-refractivity contribution >= 4 is 5.91 Å². The van der Waals surface area contributed by atoms with E-state index in [4.69, 9.17) is 4.74 Å². The number of carbonyl (C=O) groups excluding carboxylic acids is 1. The summed E-state index contributed by atoms with van der Waals surface area (Å²) in [5, 5.41) is 3.08.